The van der Waals surface area contributed by atoms with Crippen LogP contribution in [0.5, 0.6) is 0 Å². The van der Waals surface area contributed by atoms with Crippen LogP contribution in [0.25, 0.3) is 0 Å². The van der Waals surface area contributed by atoms with Crippen LogP contribution < -0.4 is 5.32 Å². The van der Waals surface area contributed by atoms with Gasteiger partial charge in [-0.1, -0.05) is 36.8 Å². The number of amides is 1. The van der Waals surface area contributed by atoms with E-state index < -0.39 is 0 Å². The Balaban J connectivity index is 1.76. The van der Waals surface area contributed by atoms with E-state index in [1.807, 2.05) is 0 Å². The van der Waals surface area contributed by atoms with E-state index in [9.17, 15) is 4.79 Å². The molecule has 4 rings (SSSR count). The van der Waals surface area contributed by atoms with Gasteiger partial charge in [-0.2, -0.15) is 0 Å². The molecular weight excluding hydrogens is 368 g/mol. The van der Waals surface area contributed by atoms with Crippen molar-refractivity contribution >= 4 is 22.2 Å². The van der Waals surface area contributed by atoms with Crippen LogP contribution >= 0.6 is 11.3 Å². The highest BCUT2D eigenvalue weighted by molar-refractivity contribution is 7.16. The molecule has 1 unspecified atom stereocenters. The summed E-state index contributed by atoms with van der Waals surface area (Å²) >= 11 is 1.65. The molecule has 2 aromatic heterocycles. The van der Waals surface area contributed by atoms with Gasteiger partial charge in [0.1, 0.15) is 5.00 Å². The minimum Gasteiger partial charge on any atom is -0.459 e. The molecule has 5 heteroatoms. The van der Waals surface area contributed by atoms with E-state index in [1.165, 1.54) is 47.1 Å². The first-order chi connectivity index (χ1) is 13.6. The number of nitrogens with zero attached hydrogens (tertiary/aromatic N) is 1. The molecule has 1 aromatic carbocycles. The SMILES string of the molecule is Cc1sc(NC(=O)c2ccco2)c(C(c2ccccc2)N2CCCCC2)c1C. The Hall–Kier alpha value is -2.37. The number of carbonyl (C=O) groups excluding carboxylic acids is 1. The molecule has 28 heavy (non-hydrogen) atoms. The summed E-state index contributed by atoms with van der Waals surface area (Å²) < 4.78 is 5.29. The predicted octanol–water partition coefficient (Wildman–Crippen LogP) is 5.79. The predicted molar refractivity (Wildman–Crippen MR) is 114 cm³/mol. The van der Waals surface area contributed by atoms with E-state index in [0.29, 0.717) is 5.76 Å². The van der Waals surface area contributed by atoms with E-state index in [-0.39, 0.29) is 11.9 Å². The fraction of sp³-hybridized carbons (Fsp3) is 0.348. The van der Waals surface area contributed by atoms with Crippen molar-refractivity contribution in [1.82, 2.24) is 4.90 Å². The number of piperidine rings is 1. The first-order valence-corrected chi connectivity index (χ1v) is 10.7. The number of hydrogen-bond acceptors (Lipinski definition) is 4. The van der Waals surface area contributed by atoms with Gasteiger partial charge in [-0.3, -0.25) is 9.69 Å². The molecule has 1 atom stereocenters. The molecule has 0 spiro atoms. The highest BCUT2D eigenvalue weighted by Gasteiger charge is 2.30. The zero-order valence-corrected chi connectivity index (χ0v) is 17.2. The first kappa shape index (κ1) is 19.0. The molecule has 3 heterocycles. The van der Waals surface area contributed by atoms with Crippen molar-refractivity contribution in [2.75, 3.05) is 18.4 Å². The van der Waals surface area contributed by atoms with Crippen LogP contribution in [0.4, 0.5) is 5.00 Å². The highest BCUT2D eigenvalue weighted by atomic mass is 32.1. The van der Waals surface area contributed by atoms with E-state index >= 15 is 0 Å². The minimum atomic E-state index is -0.196. The number of carbonyl (C=O) groups is 1. The van der Waals surface area contributed by atoms with Crippen molar-refractivity contribution in [3.8, 4) is 0 Å². The second-order valence-electron chi connectivity index (χ2n) is 7.37. The molecule has 1 N–H and O–H groups in total. The van der Waals surface area contributed by atoms with Gasteiger partial charge in [-0.25, -0.2) is 0 Å². The van der Waals surface area contributed by atoms with Gasteiger partial charge in [0.25, 0.3) is 5.91 Å². The molecule has 1 aliphatic rings. The minimum absolute atomic E-state index is 0.151. The van der Waals surface area contributed by atoms with E-state index in [2.05, 4.69) is 54.4 Å². The molecule has 4 nitrogen and oxygen atoms in total. The van der Waals surface area contributed by atoms with Crippen LogP contribution in [-0.2, 0) is 0 Å². The molecular formula is C23H26N2O2S. The van der Waals surface area contributed by atoms with E-state index in [4.69, 9.17) is 4.42 Å². The first-order valence-electron chi connectivity index (χ1n) is 9.89. The number of likely N-dealkylation sites (tertiary alicyclic amines) is 1. The van der Waals surface area contributed by atoms with Crippen molar-refractivity contribution in [2.24, 2.45) is 0 Å². The molecule has 0 bridgehead atoms. The van der Waals surface area contributed by atoms with Gasteiger partial charge >= 0.3 is 0 Å². The molecule has 0 aliphatic carbocycles. The van der Waals surface area contributed by atoms with Crippen LogP contribution in [0.3, 0.4) is 0 Å². The van der Waals surface area contributed by atoms with Gasteiger partial charge in [-0.15, -0.1) is 11.3 Å². The maximum atomic E-state index is 12.7. The van der Waals surface area contributed by atoms with Crippen molar-refractivity contribution in [3.05, 3.63) is 76.1 Å². The zero-order chi connectivity index (χ0) is 19.5. The number of nitrogens with one attached hydrogen (secondary N) is 1. The Kier molecular flexibility index (Phi) is 5.64. The lowest BCUT2D eigenvalue weighted by atomic mass is 9.93. The van der Waals surface area contributed by atoms with Crippen LogP contribution in [0.2, 0.25) is 0 Å². The number of hydrogen-bond donors (Lipinski definition) is 1. The maximum absolute atomic E-state index is 12.7. The summed E-state index contributed by atoms with van der Waals surface area (Å²) in [5, 5.41) is 4.05. The Morgan fingerprint density at radius 1 is 1.07 bits per heavy atom. The van der Waals surface area contributed by atoms with Crippen molar-refractivity contribution < 1.29 is 9.21 Å². The fourth-order valence-electron chi connectivity index (χ4n) is 4.01. The van der Waals surface area contributed by atoms with Crippen molar-refractivity contribution in [1.29, 1.82) is 0 Å². The van der Waals surface area contributed by atoms with Gasteiger partial charge < -0.3 is 9.73 Å². The topological polar surface area (TPSA) is 45.5 Å². The quantitative estimate of drug-likeness (QED) is 0.596. The number of benzene rings is 1. The molecule has 3 aromatic rings. The van der Waals surface area contributed by atoms with Crippen LogP contribution in [-0.4, -0.2) is 23.9 Å². The largest absolute Gasteiger partial charge is 0.459 e. The molecule has 1 amide bonds. The number of furan rings is 1. The van der Waals surface area contributed by atoms with Gasteiger partial charge in [0.05, 0.1) is 12.3 Å². The van der Waals surface area contributed by atoms with Crippen molar-refractivity contribution in [2.45, 2.75) is 39.2 Å². The lowest BCUT2D eigenvalue weighted by molar-refractivity contribution is 0.0996. The Labute approximate surface area is 170 Å². The third-order valence-electron chi connectivity index (χ3n) is 5.55. The summed E-state index contributed by atoms with van der Waals surface area (Å²) in [6, 6.07) is 14.2. The number of anilines is 1. The molecule has 1 aliphatic heterocycles. The van der Waals surface area contributed by atoms with Crippen LogP contribution in [0, 0.1) is 13.8 Å². The summed E-state index contributed by atoms with van der Waals surface area (Å²) in [5.74, 6) is 0.141. The van der Waals surface area contributed by atoms with Gasteiger partial charge in [-0.05, 0) is 63.0 Å². The lowest BCUT2D eigenvalue weighted by Crippen LogP contribution is -2.35. The smallest absolute Gasteiger partial charge is 0.291 e. The van der Waals surface area contributed by atoms with Gasteiger partial charge in [0.2, 0.25) is 0 Å². The second kappa shape index (κ2) is 8.33. The van der Waals surface area contributed by atoms with E-state index in [1.54, 1.807) is 23.5 Å². The monoisotopic (exact) mass is 394 g/mol. The maximum Gasteiger partial charge on any atom is 0.291 e. The average Bonchev–Trinajstić information content (AvgIpc) is 3.35. The summed E-state index contributed by atoms with van der Waals surface area (Å²) in [7, 11) is 0. The summed E-state index contributed by atoms with van der Waals surface area (Å²) in [4.78, 5) is 16.5. The second-order valence-corrected chi connectivity index (χ2v) is 8.59. The molecule has 0 radical (unpaired) electrons. The molecule has 146 valence electrons. The zero-order valence-electron chi connectivity index (χ0n) is 16.4. The molecule has 0 saturated carbocycles. The Morgan fingerprint density at radius 3 is 2.50 bits per heavy atom. The summed E-state index contributed by atoms with van der Waals surface area (Å²) in [5.41, 5.74) is 3.76. The third kappa shape index (κ3) is 3.77. The summed E-state index contributed by atoms with van der Waals surface area (Å²) in [6.45, 7) is 6.47. The van der Waals surface area contributed by atoms with Gasteiger partial charge in [0, 0.05) is 10.4 Å². The van der Waals surface area contributed by atoms with Crippen LogP contribution in [0.1, 0.15) is 57.4 Å². The van der Waals surface area contributed by atoms with E-state index in [0.717, 1.165) is 18.1 Å². The third-order valence-corrected chi connectivity index (χ3v) is 6.69. The van der Waals surface area contributed by atoms with Crippen molar-refractivity contribution in [3.63, 3.8) is 0 Å². The summed E-state index contributed by atoms with van der Waals surface area (Å²) in [6.07, 6.45) is 5.27. The Morgan fingerprint density at radius 2 is 1.82 bits per heavy atom. The molecule has 1 saturated heterocycles. The number of thiophene rings is 1. The highest BCUT2D eigenvalue weighted by Crippen LogP contribution is 2.43. The normalized spacial score (nSPS) is 16.1. The molecule has 1 fully saturated rings. The number of rotatable bonds is 5. The van der Waals surface area contributed by atoms with Gasteiger partial charge in [0.15, 0.2) is 5.76 Å². The van der Waals surface area contributed by atoms with Crippen LogP contribution in [0.15, 0.2) is 53.1 Å². The average molecular weight is 395 g/mol. The standard InChI is InChI=1S/C23H26N2O2S/c1-16-17(2)28-23(24-22(26)19-12-9-15-27-19)20(16)21(18-10-5-3-6-11-18)25-13-7-4-8-14-25/h3,5-6,9-12,15,21H,4,7-8,13-14H2,1-2H3,(H,24,26). The Bertz CT molecular complexity index is 925. The lowest BCUT2D eigenvalue weighted by Gasteiger charge is -2.36. The number of aryl methyl sites for hydroxylation is 1. The fourth-order valence-corrected chi connectivity index (χ4v) is 5.10.